The van der Waals surface area contributed by atoms with Crippen LogP contribution in [-0.4, -0.2) is 39.0 Å². The molecule has 0 amide bonds. The maximum atomic E-state index is 13.8. The van der Waals surface area contributed by atoms with Gasteiger partial charge in [-0.1, -0.05) is 47.4 Å². The summed E-state index contributed by atoms with van der Waals surface area (Å²) in [4.78, 5) is 13.0. The molecular formula is C25H23FN4O3S2. The van der Waals surface area contributed by atoms with Gasteiger partial charge in [0.25, 0.3) is 0 Å². The summed E-state index contributed by atoms with van der Waals surface area (Å²) in [7, 11) is 0. The Kier molecular flexibility index (Phi) is 6.74. The van der Waals surface area contributed by atoms with E-state index in [1.165, 1.54) is 29.2 Å². The number of benzene rings is 2. The number of carbonyl (C=O) groups is 1. The third-order valence-corrected chi connectivity index (χ3v) is 7.65. The number of aromatic nitrogens is 3. The quantitative estimate of drug-likeness (QED) is 0.242. The molecule has 180 valence electrons. The molecule has 0 saturated heterocycles. The predicted octanol–water partition coefficient (Wildman–Crippen LogP) is 5.65. The lowest BCUT2D eigenvalue weighted by Gasteiger charge is -2.27. The van der Waals surface area contributed by atoms with Gasteiger partial charge in [-0.15, -0.1) is 10.2 Å². The molecule has 2 aromatic heterocycles. The molecule has 0 aliphatic carbocycles. The molecular weight excluding hydrogens is 487 g/mol. The van der Waals surface area contributed by atoms with Gasteiger partial charge in [0.15, 0.2) is 27.7 Å². The van der Waals surface area contributed by atoms with Crippen molar-refractivity contribution in [3.8, 4) is 11.5 Å². The molecule has 10 heteroatoms. The molecule has 3 heterocycles. The fourth-order valence-corrected chi connectivity index (χ4v) is 5.57. The van der Waals surface area contributed by atoms with Crippen molar-refractivity contribution in [2.75, 3.05) is 17.7 Å². The van der Waals surface area contributed by atoms with E-state index >= 15 is 0 Å². The van der Waals surface area contributed by atoms with E-state index in [1.54, 1.807) is 18.2 Å². The largest absolute Gasteiger partial charge is 0.486 e. The van der Waals surface area contributed by atoms with Crippen LogP contribution in [-0.2, 0) is 6.54 Å². The molecule has 0 bridgehead atoms. The maximum Gasteiger partial charge on any atom is 0.210 e. The number of anilines is 2. The number of para-hydroxylation sites is 3. The van der Waals surface area contributed by atoms with Crippen LogP contribution < -0.4 is 14.8 Å². The number of hydrogen-bond acceptors (Lipinski definition) is 8. The molecule has 5 rings (SSSR count). The van der Waals surface area contributed by atoms with Gasteiger partial charge in [-0.25, -0.2) is 4.39 Å². The first-order valence-corrected chi connectivity index (χ1v) is 12.8. The first-order chi connectivity index (χ1) is 17.0. The van der Waals surface area contributed by atoms with Crippen molar-refractivity contribution in [1.29, 1.82) is 0 Å². The summed E-state index contributed by atoms with van der Waals surface area (Å²) in [6, 6.07) is 15.9. The van der Waals surface area contributed by atoms with E-state index in [1.807, 2.05) is 44.2 Å². The van der Waals surface area contributed by atoms with Crippen molar-refractivity contribution in [3.05, 3.63) is 77.4 Å². The van der Waals surface area contributed by atoms with E-state index in [2.05, 4.69) is 20.1 Å². The number of rotatable bonds is 8. The summed E-state index contributed by atoms with van der Waals surface area (Å²) in [5, 5.41) is 11.6. The Balaban J connectivity index is 1.20. The van der Waals surface area contributed by atoms with Gasteiger partial charge in [-0.05, 0) is 44.2 Å². The van der Waals surface area contributed by atoms with Crippen molar-refractivity contribution in [2.24, 2.45) is 0 Å². The van der Waals surface area contributed by atoms with Crippen molar-refractivity contribution < 1.29 is 18.7 Å². The summed E-state index contributed by atoms with van der Waals surface area (Å²) >= 11 is 2.60. The maximum absolute atomic E-state index is 13.8. The predicted molar refractivity (Wildman–Crippen MR) is 135 cm³/mol. The Bertz CT molecular complexity index is 1370. The van der Waals surface area contributed by atoms with E-state index in [0.717, 1.165) is 22.9 Å². The summed E-state index contributed by atoms with van der Waals surface area (Å²) in [6.07, 6.45) is -0.145. The summed E-state index contributed by atoms with van der Waals surface area (Å²) < 4.78 is 28.5. The second-order valence-corrected chi connectivity index (χ2v) is 10.3. The third kappa shape index (κ3) is 5.18. The van der Waals surface area contributed by atoms with Crippen LogP contribution in [0.25, 0.3) is 0 Å². The highest BCUT2D eigenvalue weighted by molar-refractivity contribution is 8.01. The van der Waals surface area contributed by atoms with E-state index in [9.17, 15) is 9.18 Å². The number of aryl methyl sites for hydroxylation is 1. The molecule has 7 nitrogen and oxygen atoms in total. The zero-order valence-electron chi connectivity index (χ0n) is 19.2. The van der Waals surface area contributed by atoms with Crippen LogP contribution >= 0.6 is 23.1 Å². The van der Waals surface area contributed by atoms with Gasteiger partial charge in [0.2, 0.25) is 5.13 Å². The van der Waals surface area contributed by atoms with Crippen molar-refractivity contribution in [3.63, 3.8) is 0 Å². The van der Waals surface area contributed by atoms with Crippen LogP contribution in [0.2, 0.25) is 0 Å². The van der Waals surface area contributed by atoms with Gasteiger partial charge in [0.1, 0.15) is 12.4 Å². The molecule has 0 spiro atoms. The van der Waals surface area contributed by atoms with Crippen LogP contribution in [0.3, 0.4) is 0 Å². The zero-order valence-corrected chi connectivity index (χ0v) is 20.8. The minimum absolute atomic E-state index is 0.0133. The Morgan fingerprint density at radius 3 is 2.77 bits per heavy atom. The molecule has 4 aromatic rings. The monoisotopic (exact) mass is 510 g/mol. The van der Waals surface area contributed by atoms with Crippen LogP contribution in [0.4, 0.5) is 15.2 Å². The number of fused-ring (bicyclic) bond motifs is 1. The number of ether oxygens (including phenoxy) is 2. The van der Waals surface area contributed by atoms with Crippen LogP contribution in [0, 0.1) is 19.7 Å². The van der Waals surface area contributed by atoms with Crippen molar-refractivity contribution in [1.82, 2.24) is 14.8 Å². The van der Waals surface area contributed by atoms with Gasteiger partial charge < -0.3 is 19.4 Å². The fraction of sp³-hybridized carbons (Fsp3) is 0.240. The number of thioether (sulfide) groups is 1. The Morgan fingerprint density at radius 2 is 1.94 bits per heavy atom. The van der Waals surface area contributed by atoms with Crippen molar-refractivity contribution >= 4 is 39.7 Å². The summed E-state index contributed by atoms with van der Waals surface area (Å²) in [5.41, 5.74) is 2.90. The first kappa shape index (κ1) is 23.4. The highest BCUT2D eigenvalue weighted by Crippen LogP contribution is 2.32. The van der Waals surface area contributed by atoms with E-state index in [0.29, 0.717) is 33.9 Å². The highest BCUT2D eigenvalue weighted by atomic mass is 32.2. The minimum atomic E-state index is -0.364. The molecule has 0 saturated carbocycles. The molecule has 2 aromatic carbocycles. The Morgan fingerprint density at radius 1 is 1.17 bits per heavy atom. The first-order valence-electron chi connectivity index (χ1n) is 11.0. The number of ketones is 1. The van der Waals surface area contributed by atoms with E-state index < -0.39 is 0 Å². The second kappa shape index (κ2) is 10.1. The lowest BCUT2D eigenvalue weighted by atomic mass is 10.2. The van der Waals surface area contributed by atoms with Gasteiger partial charge in [0, 0.05) is 17.0 Å². The zero-order chi connectivity index (χ0) is 24.4. The topological polar surface area (TPSA) is 78.3 Å². The molecule has 35 heavy (non-hydrogen) atoms. The van der Waals surface area contributed by atoms with Gasteiger partial charge in [0.05, 0.1) is 18.0 Å². The van der Waals surface area contributed by atoms with Crippen LogP contribution in [0.1, 0.15) is 21.7 Å². The number of nitrogens with one attached hydrogen (secondary N) is 1. The average Bonchev–Trinajstić information content (AvgIpc) is 3.43. The normalized spacial score (nSPS) is 14.7. The van der Waals surface area contributed by atoms with Crippen LogP contribution in [0.5, 0.6) is 11.5 Å². The number of halogens is 1. The molecule has 0 radical (unpaired) electrons. The number of Topliss-reactive ketones (excluding diaryl/α,β-unsaturated/α-hetero) is 1. The number of carbonyl (C=O) groups excluding carboxylic acids is 1. The number of nitrogens with zero attached hydrogens (tertiary/aromatic N) is 3. The SMILES string of the molecule is Cc1cc(C(=O)CSc2nnc(Nc3ccccc3F)s2)c(C)n1C[C@H]1COc2ccccc2O1. The second-order valence-electron chi connectivity index (χ2n) is 8.08. The molecule has 0 fully saturated rings. The Labute approximate surface area is 210 Å². The van der Waals surface area contributed by atoms with Gasteiger partial charge in [-0.2, -0.15) is 0 Å². The lowest BCUT2D eigenvalue weighted by Crippen LogP contribution is -2.33. The smallest absolute Gasteiger partial charge is 0.210 e. The standard InChI is InChI=1S/C25H23FN4O3S2/c1-15-11-18(16(2)30(15)12-17-13-32-22-9-5-6-10-23(22)33-17)21(31)14-34-25-29-28-24(35-25)27-20-8-4-3-7-19(20)26/h3-11,17H,12-14H2,1-2H3,(H,27,28)/t17-/m0/s1. The fourth-order valence-electron chi connectivity index (χ4n) is 3.92. The number of hydrogen-bond donors (Lipinski definition) is 1. The van der Waals surface area contributed by atoms with Gasteiger partial charge >= 0.3 is 0 Å². The molecule has 1 atom stereocenters. The molecule has 0 unspecified atom stereocenters. The summed E-state index contributed by atoms with van der Waals surface area (Å²) in [6.45, 7) is 4.98. The van der Waals surface area contributed by atoms with Crippen LogP contribution in [0.15, 0.2) is 58.9 Å². The molecule has 1 N–H and O–H groups in total. The highest BCUT2D eigenvalue weighted by Gasteiger charge is 2.24. The minimum Gasteiger partial charge on any atom is -0.486 e. The average molecular weight is 511 g/mol. The van der Waals surface area contributed by atoms with E-state index in [-0.39, 0.29) is 23.5 Å². The summed E-state index contributed by atoms with van der Waals surface area (Å²) in [5.74, 6) is 1.37. The molecule has 1 aliphatic rings. The van der Waals surface area contributed by atoms with Gasteiger partial charge in [-0.3, -0.25) is 4.79 Å². The lowest BCUT2D eigenvalue weighted by molar-refractivity contribution is 0.0777. The molecule has 1 aliphatic heterocycles. The van der Waals surface area contributed by atoms with Crippen molar-refractivity contribution in [2.45, 2.75) is 30.8 Å². The Hall–Kier alpha value is -3.37. The third-order valence-electron chi connectivity index (χ3n) is 5.68. The van der Waals surface area contributed by atoms with E-state index in [4.69, 9.17) is 9.47 Å².